The molecule has 22 heavy (non-hydrogen) atoms. The second-order valence-corrected chi connectivity index (χ2v) is 5.05. The van der Waals surface area contributed by atoms with Crippen LogP contribution in [0.15, 0.2) is 29.6 Å². The number of anilines is 1. The fraction of sp³-hybridized carbons (Fsp3) is 0.154. The highest BCUT2D eigenvalue weighted by atomic mass is 32.1. The monoisotopic (exact) mass is 321 g/mol. The topological polar surface area (TPSA) is 111 Å². The Morgan fingerprint density at radius 3 is 2.77 bits per heavy atom. The molecule has 0 aliphatic carbocycles. The van der Waals surface area contributed by atoms with Gasteiger partial charge >= 0.3 is 5.97 Å². The van der Waals surface area contributed by atoms with Crippen LogP contribution in [0.25, 0.3) is 0 Å². The number of thiazole rings is 1. The van der Waals surface area contributed by atoms with Gasteiger partial charge in [0.15, 0.2) is 11.7 Å². The third-order valence-electron chi connectivity index (χ3n) is 2.52. The van der Waals surface area contributed by atoms with Crippen LogP contribution in [0.3, 0.4) is 0 Å². The number of hydrogen-bond donors (Lipinski definition) is 1. The molecule has 2 aromatic rings. The van der Waals surface area contributed by atoms with Crippen molar-refractivity contribution in [3.8, 4) is 0 Å². The van der Waals surface area contributed by atoms with Gasteiger partial charge in [-0.05, 0) is 13.0 Å². The minimum absolute atomic E-state index is 0.203. The first kappa shape index (κ1) is 15.6. The van der Waals surface area contributed by atoms with E-state index in [0.717, 1.165) is 5.69 Å². The highest BCUT2D eigenvalue weighted by Gasteiger charge is 2.21. The van der Waals surface area contributed by atoms with Gasteiger partial charge in [0.05, 0.1) is 10.6 Å². The molecule has 0 saturated heterocycles. The Kier molecular flexibility index (Phi) is 4.79. The van der Waals surface area contributed by atoms with Crippen LogP contribution in [0.2, 0.25) is 0 Å². The summed E-state index contributed by atoms with van der Waals surface area (Å²) in [7, 11) is 0. The summed E-state index contributed by atoms with van der Waals surface area (Å²) in [6.07, 6.45) is 0. The van der Waals surface area contributed by atoms with Crippen LogP contribution in [0.4, 0.5) is 10.8 Å². The Hall–Kier alpha value is -2.81. The smallest absolute Gasteiger partial charge is 0.345 e. The zero-order valence-electron chi connectivity index (χ0n) is 11.4. The SMILES string of the molecule is Cc1csc(NC(=O)COC(=O)c2ccccc2[N+](=O)[O-])n1. The second-order valence-electron chi connectivity index (χ2n) is 4.19. The molecule has 0 bridgehead atoms. The van der Waals surface area contributed by atoms with Crippen LogP contribution in [-0.4, -0.2) is 28.4 Å². The van der Waals surface area contributed by atoms with Crippen molar-refractivity contribution < 1.29 is 19.2 Å². The highest BCUT2D eigenvalue weighted by Crippen LogP contribution is 2.18. The summed E-state index contributed by atoms with van der Waals surface area (Å²) < 4.78 is 4.78. The minimum Gasteiger partial charge on any atom is -0.452 e. The molecule has 1 aromatic carbocycles. The lowest BCUT2D eigenvalue weighted by Gasteiger charge is -2.05. The maximum atomic E-state index is 11.8. The molecule has 8 nitrogen and oxygen atoms in total. The van der Waals surface area contributed by atoms with E-state index in [1.807, 2.05) is 0 Å². The molecule has 2 rings (SSSR count). The van der Waals surface area contributed by atoms with Gasteiger partial charge in [-0.3, -0.25) is 20.2 Å². The average molecular weight is 321 g/mol. The number of nitro groups is 1. The number of hydrogen-bond acceptors (Lipinski definition) is 7. The standard InChI is InChI=1S/C13H11N3O5S/c1-8-7-22-13(14-8)15-11(17)6-21-12(18)9-4-2-3-5-10(9)16(19)20/h2-5,7H,6H2,1H3,(H,14,15,17). The largest absolute Gasteiger partial charge is 0.452 e. The molecule has 1 N–H and O–H groups in total. The molecule has 0 radical (unpaired) electrons. The summed E-state index contributed by atoms with van der Waals surface area (Å²) in [5.74, 6) is -1.50. The second kappa shape index (κ2) is 6.76. The van der Waals surface area contributed by atoms with E-state index < -0.39 is 23.4 Å². The summed E-state index contributed by atoms with van der Waals surface area (Å²) in [5, 5.41) is 15.4. The van der Waals surface area contributed by atoms with Crippen LogP contribution < -0.4 is 5.32 Å². The number of nitro benzene ring substituents is 1. The molecular weight excluding hydrogens is 310 g/mol. The molecule has 1 heterocycles. The van der Waals surface area contributed by atoms with Gasteiger partial charge < -0.3 is 4.74 Å². The number of carbonyl (C=O) groups is 2. The maximum Gasteiger partial charge on any atom is 0.345 e. The predicted molar refractivity (Wildman–Crippen MR) is 78.9 cm³/mol. The van der Waals surface area contributed by atoms with Gasteiger partial charge in [-0.1, -0.05) is 12.1 Å². The first-order chi connectivity index (χ1) is 10.5. The summed E-state index contributed by atoms with van der Waals surface area (Å²) >= 11 is 1.24. The van der Waals surface area contributed by atoms with Crippen molar-refractivity contribution in [2.45, 2.75) is 6.92 Å². The lowest BCUT2D eigenvalue weighted by molar-refractivity contribution is -0.385. The fourth-order valence-corrected chi connectivity index (χ4v) is 2.29. The van der Waals surface area contributed by atoms with E-state index in [0.29, 0.717) is 5.13 Å². The van der Waals surface area contributed by atoms with Crippen LogP contribution in [0, 0.1) is 17.0 Å². The van der Waals surface area contributed by atoms with Gasteiger partial charge in [0.2, 0.25) is 0 Å². The number of aromatic nitrogens is 1. The molecule has 0 spiro atoms. The van der Waals surface area contributed by atoms with Crippen LogP contribution in [-0.2, 0) is 9.53 Å². The number of amides is 1. The number of esters is 1. The third kappa shape index (κ3) is 3.85. The number of nitrogens with one attached hydrogen (secondary N) is 1. The quantitative estimate of drug-likeness (QED) is 0.513. The first-order valence-electron chi connectivity index (χ1n) is 6.10. The van der Waals surface area contributed by atoms with Gasteiger partial charge in [-0.2, -0.15) is 0 Å². The molecule has 0 unspecified atom stereocenters. The van der Waals surface area contributed by atoms with Crippen molar-refractivity contribution >= 4 is 34.0 Å². The zero-order chi connectivity index (χ0) is 16.1. The molecule has 0 atom stereocenters. The number of carbonyl (C=O) groups excluding carboxylic acids is 2. The van der Waals surface area contributed by atoms with Crippen molar-refractivity contribution in [1.29, 1.82) is 0 Å². The molecule has 9 heteroatoms. The van der Waals surface area contributed by atoms with Crippen LogP contribution >= 0.6 is 11.3 Å². The lowest BCUT2D eigenvalue weighted by Crippen LogP contribution is -2.21. The Balaban J connectivity index is 1.95. The van der Waals surface area contributed by atoms with Gasteiger partial charge in [0, 0.05) is 11.4 Å². The molecular formula is C13H11N3O5S. The van der Waals surface area contributed by atoms with E-state index in [1.54, 1.807) is 12.3 Å². The zero-order valence-corrected chi connectivity index (χ0v) is 12.3. The molecule has 114 valence electrons. The fourth-order valence-electron chi connectivity index (χ4n) is 1.58. The highest BCUT2D eigenvalue weighted by molar-refractivity contribution is 7.13. The Morgan fingerprint density at radius 2 is 2.14 bits per heavy atom. The van der Waals surface area contributed by atoms with Crippen molar-refractivity contribution in [2.75, 3.05) is 11.9 Å². The minimum atomic E-state index is -0.933. The van der Waals surface area contributed by atoms with E-state index in [1.165, 1.54) is 35.6 Å². The third-order valence-corrected chi connectivity index (χ3v) is 3.40. The molecule has 0 fully saturated rings. The van der Waals surface area contributed by atoms with Crippen molar-refractivity contribution in [2.24, 2.45) is 0 Å². The molecule has 0 aliphatic rings. The number of rotatable bonds is 5. The van der Waals surface area contributed by atoms with E-state index in [9.17, 15) is 19.7 Å². The van der Waals surface area contributed by atoms with E-state index in [2.05, 4.69) is 10.3 Å². The summed E-state index contributed by atoms with van der Waals surface area (Å²) in [5.41, 5.74) is 0.186. The van der Waals surface area contributed by atoms with E-state index in [-0.39, 0.29) is 11.3 Å². The first-order valence-corrected chi connectivity index (χ1v) is 6.98. The van der Waals surface area contributed by atoms with Gasteiger partial charge in [0.1, 0.15) is 5.56 Å². The van der Waals surface area contributed by atoms with Gasteiger partial charge in [0.25, 0.3) is 11.6 Å². The average Bonchev–Trinajstić information content (AvgIpc) is 2.89. The van der Waals surface area contributed by atoms with E-state index in [4.69, 9.17) is 4.74 Å². The normalized spacial score (nSPS) is 10.0. The maximum absolute atomic E-state index is 11.8. The number of ether oxygens (including phenoxy) is 1. The van der Waals surface area contributed by atoms with Gasteiger partial charge in [-0.15, -0.1) is 11.3 Å². The summed E-state index contributed by atoms with van der Waals surface area (Å²) in [6.45, 7) is 1.23. The van der Waals surface area contributed by atoms with Crippen molar-refractivity contribution in [3.05, 3.63) is 51.0 Å². The molecule has 0 saturated carbocycles. The van der Waals surface area contributed by atoms with Crippen LogP contribution in [0.1, 0.15) is 16.1 Å². The number of benzene rings is 1. The number of nitrogens with zero attached hydrogens (tertiary/aromatic N) is 2. The molecule has 1 amide bonds. The van der Waals surface area contributed by atoms with Crippen molar-refractivity contribution in [3.63, 3.8) is 0 Å². The van der Waals surface area contributed by atoms with Gasteiger partial charge in [-0.25, -0.2) is 9.78 Å². The van der Waals surface area contributed by atoms with Crippen molar-refractivity contribution in [1.82, 2.24) is 4.98 Å². The van der Waals surface area contributed by atoms with E-state index >= 15 is 0 Å². The summed E-state index contributed by atoms with van der Waals surface area (Å²) in [4.78, 5) is 37.6. The number of para-hydroxylation sites is 1. The molecule has 0 aliphatic heterocycles. The predicted octanol–water partition coefficient (Wildman–Crippen LogP) is 2.16. The Bertz CT molecular complexity index is 728. The Morgan fingerprint density at radius 1 is 1.41 bits per heavy atom. The summed E-state index contributed by atoms with van der Waals surface area (Å²) in [6, 6.07) is 5.37. The number of aryl methyl sites for hydroxylation is 1. The molecule has 1 aromatic heterocycles. The lowest BCUT2D eigenvalue weighted by atomic mass is 10.2. The van der Waals surface area contributed by atoms with Crippen LogP contribution in [0.5, 0.6) is 0 Å². The Labute approximate surface area is 128 Å².